The number of hydrogen-bond donors (Lipinski definition) is 2. The summed E-state index contributed by atoms with van der Waals surface area (Å²) in [5.74, 6) is -1.12. The van der Waals surface area contributed by atoms with Gasteiger partial charge in [0.05, 0.1) is 0 Å². The third-order valence-corrected chi connectivity index (χ3v) is 5.40. The quantitative estimate of drug-likeness (QED) is 0.768. The standard InChI is InChI=1S/C11H20N2O4S/c1-8-4-2-3-7-13(8)18(16,17)12-10(11(14)15)9-5-6-9/h8-10,12H,2-7H2,1H3,(H,14,15). The third kappa shape index (κ3) is 3.02. The molecule has 1 aliphatic carbocycles. The molecule has 7 heteroatoms. The van der Waals surface area contributed by atoms with E-state index in [-0.39, 0.29) is 12.0 Å². The fraction of sp³-hybridized carbons (Fsp3) is 0.909. The van der Waals surface area contributed by atoms with E-state index in [1.54, 1.807) is 0 Å². The molecule has 18 heavy (non-hydrogen) atoms. The maximum absolute atomic E-state index is 12.2. The highest BCUT2D eigenvalue weighted by Crippen LogP contribution is 2.33. The van der Waals surface area contributed by atoms with Gasteiger partial charge in [0.25, 0.3) is 10.2 Å². The molecule has 6 nitrogen and oxygen atoms in total. The first-order chi connectivity index (χ1) is 8.42. The van der Waals surface area contributed by atoms with Crippen LogP contribution in [0.2, 0.25) is 0 Å². The average molecular weight is 276 g/mol. The van der Waals surface area contributed by atoms with Gasteiger partial charge in [-0.2, -0.15) is 17.4 Å². The highest BCUT2D eigenvalue weighted by Gasteiger charge is 2.41. The number of carboxylic acid groups (broad SMARTS) is 1. The summed E-state index contributed by atoms with van der Waals surface area (Å²) in [6, 6.07) is -1.02. The van der Waals surface area contributed by atoms with Crippen molar-refractivity contribution in [3.8, 4) is 0 Å². The smallest absolute Gasteiger partial charge is 0.322 e. The number of nitrogens with zero attached hydrogens (tertiary/aromatic N) is 1. The Kier molecular flexibility index (Phi) is 3.93. The molecule has 0 radical (unpaired) electrons. The lowest BCUT2D eigenvalue weighted by atomic mass is 10.1. The van der Waals surface area contributed by atoms with Gasteiger partial charge in [0, 0.05) is 12.6 Å². The minimum atomic E-state index is -3.68. The molecule has 1 saturated heterocycles. The number of piperidine rings is 1. The molecular formula is C11H20N2O4S. The summed E-state index contributed by atoms with van der Waals surface area (Å²) in [5.41, 5.74) is 0. The second kappa shape index (κ2) is 5.14. The Morgan fingerprint density at radius 1 is 1.33 bits per heavy atom. The molecule has 2 fully saturated rings. The lowest BCUT2D eigenvalue weighted by molar-refractivity contribution is -0.139. The van der Waals surface area contributed by atoms with Gasteiger partial charge in [-0.25, -0.2) is 0 Å². The Bertz CT molecular complexity index is 419. The molecule has 2 aliphatic rings. The molecule has 0 aromatic carbocycles. The fourth-order valence-electron chi connectivity index (χ4n) is 2.43. The monoisotopic (exact) mass is 276 g/mol. The summed E-state index contributed by atoms with van der Waals surface area (Å²) in [4.78, 5) is 11.1. The van der Waals surface area contributed by atoms with Gasteiger partial charge >= 0.3 is 5.97 Å². The van der Waals surface area contributed by atoms with Crippen LogP contribution in [0.4, 0.5) is 0 Å². The van der Waals surface area contributed by atoms with Crippen LogP contribution in [0, 0.1) is 5.92 Å². The molecule has 0 amide bonds. The minimum Gasteiger partial charge on any atom is -0.480 e. The number of aliphatic carboxylic acids is 1. The Morgan fingerprint density at radius 3 is 2.50 bits per heavy atom. The Balaban J connectivity index is 2.07. The van der Waals surface area contributed by atoms with Gasteiger partial charge in [-0.05, 0) is 38.5 Å². The molecule has 1 heterocycles. The maximum atomic E-state index is 12.2. The first-order valence-electron chi connectivity index (χ1n) is 6.43. The molecule has 0 aromatic rings. The van der Waals surface area contributed by atoms with Crippen molar-refractivity contribution in [2.45, 2.75) is 51.1 Å². The predicted octanol–water partition coefficient (Wildman–Crippen LogP) is 0.558. The van der Waals surface area contributed by atoms with Gasteiger partial charge < -0.3 is 5.11 Å². The lowest BCUT2D eigenvalue weighted by Crippen LogP contribution is -2.53. The Morgan fingerprint density at radius 2 is 2.00 bits per heavy atom. The maximum Gasteiger partial charge on any atom is 0.322 e. The summed E-state index contributed by atoms with van der Waals surface area (Å²) >= 11 is 0. The van der Waals surface area contributed by atoms with E-state index in [9.17, 15) is 13.2 Å². The second-order valence-electron chi connectivity index (χ2n) is 5.23. The zero-order chi connectivity index (χ0) is 13.3. The van der Waals surface area contributed by atoms with Crippen LogP contribution in [-0.2, 0) is 15.0 Å². The zero-order valence-electron chi connectivity index (χ0n) is 10.5. The van der Waals surface area contributed by atoms with Gasteiger partial charge in [-0.15, -0.1) is 0 Å². The van der Waals surface area contributed by atoms with Crippen molar-refractivity contribution >= 4 is 16.2 Å². The number of carbonyl (C=O) groups is 1. The normalized spacial score (nSPS) is 27.9. The van der Waals surface area contributed by atoms with Crippen molar-refractivity contribution in [2.75, 3.05) is 6.54 Å². The molecule has 2 atom stereocenters. The van der Waals surface area contributed by atoms with E-state index in [2.05, 4.69) is 4.72 Å². The number of carboxylic acids is 1. The number of hydrogen-bond acceptors (Lipinski definition) is 3. The highest BCUT2D eigenvalue weighted by molar-refractivity contribution is 7.87. The van der Waals surface area contributed by atoms with Crippen molar-refractivity contribution in [3.63, 3.8) is 0 Å². The van der Waals surface area contributed by atoms with E-state index < -0.39 is 22.2 Å². The average Bonchev–Trinajstić information content (AvgIpc) is 3.10. The molecule has 0 bridgehead atoms. The highest BCUT2D eigenvalue weighted by atomic mass is 32.2. The lowest BCUT2D eigenvalue weighted by Gasteiger charge is -2.33. The largest absolute Gasteiger partial charge is 0.480 e. The van der Waals surface area contributed by atoms with Crippen molar-refractivity contribution in [1.29, 1.82) is 0 Å². The molecule has 1 saturated carbocycles. The van der Waals surface area contributed by atoms with E-state index >= 15 is 0 Å². The summed E-state index contributed by atoms with van der Waals surface area (Å²) in [6.45, 7) is 2.35. The van der Waals surface area contributed by atoms with Crippen LogP contribution < -0.4 is 4.72 Å². The molecule has 104 valence electrons. The predicted molar refractivity (Wildman–Crippen MR) is 66.2 cm³/mol. The topological polar surface area (TPSA) is 86.7 Å². The molecule has 2 unspecified atom stereocenters. The van der Waals surface area contributed by atoms with Gasteiger partial charge in [-0.1, -0.05) is 6.42 Å². The second-order valence-corrected chi connectivity index (χ2v) is 6.89. The van der Waals surface area contributed by atoms with E-state index in [1.807, 2.05) is 6.92 Å². The van der Waals surface area contributed by atoms with Crippen LogP contribution in [0.1, 0.15) is 39.0 Å². The van der Waals surface area contributed by atoms with Crippen molar-refractivity contribution < 1.29 is 18.3 Å². The first kappa shape index (κ1) is 13.8. The van der Waals surface area contributed by atoms with Crippen LogP contribution in [0.25, 0.3) is 0 Å². The summed E-state index contributed by atoms with van der Waals surface area (Å²) < 4.78 is 28.1. The van der Waals surface area contributed by atoms with Crippen LogP contribution in [0.5, 0.6) is 0 Å². The molecule has 2 rings (SSSR count). The fourth-order valence-corrected chi connectivity index (χ4v) is 4.13. The van der Waals surface area contributed by atoms with Crippen molar-refractivity contribution in [3.05, 3.63) is 0 Å². The van der Waals surface area contributed by atoms with Gasteiger partial charge in [0.1, 0.15) is 6.04 Å². The first-order valence-corrected chi connectivity index (χ1v) is 7.88. The Hall–Kier alpha value is -0.660. The number of nitrogens with one attached hydrogen (secondary N) is 1. The van der Waals surface area contributed by atoms with E-state index in [0.29, 0.717) is 6.54 Å². The molecule has 0 aromatic heterocycles. The summed E-state index contributed by atoms with van der Waals surface area (Å²) in [5, 5.41) is 9.07. The molecular weight excluding hydrogens is 256 g/mol. The van der Waals surface area contributed by atoms with Crippen LogP contribution >= 0.6 is 0 Å². The van der Waals surface area contributed by atoms with E-state index in [0.717, 1.165) is 32.1 Å². The minimum absolute atomic E-state index is 0.0441. The molecule has 1 aliphatic heterocycles. The van der Waals surface area contributed by atoms with Crippen LogP contribution in [0.3, 0.4) is 0 Å². The number of rotatable bonds is 5. The SMILES string of the molecule is CC1CCCCN1S(=O)(=O)NC(C(=O)O)C1CC1. The van der Waals surface area contributed by atoms with Gasteiger partial charge in [0.15, 0.2) is 0 Å². The van der Waals surface area contributed by atoms with E-state index in [4.69, 9.17) is 5.11 Å². The summed E-state index contributed by atoms with van der Waals surface area (Å²) in [6.07, 6.45) is 4.27. The Labute approximate surface area is 108 Å². The summed E-state index contributed by atoms with van der Waals surface area (Å²) in [7, 11) is -3.68. The third-order valence-electron chi connectivity index (χ3n) is 3.69. The zero-order valence-corrected chi connectivity index (χ0v) is 11.3. The van der Waals surface area contributed by atoms with Gasteiger partial charge in [-0.3, -0.25) is 4.79 Å². The van der Waals surface area contributed by atoms with Crippen LogP contribution in [-0.4, -0.2) is 42.4 Å². The molecule has 0 spiro atoms. The van der Waals surface area contributed by atoms with Gasteiger partial charge in [0.2, 0.25) is 0 Å². The van der Waals surface area contributed by atoms with Crippen molar-refractivity contribution in [2.24, 2.45) is 5.92 Å². The molecule has 2 N–H and O–H groups in total. The van der Waals surface area contributed by atoms with Crippen LogP contribution in [0.15, 0.2) is 0 Å². The van der Waals surface area contributed by atoms with E-state index in [1.165, 1.54) is 4.31 Å². The van der Waals surface area contributed by atoms with Crippen molar-refractivity contribution in [1.82, 2.24) is 9.03 Å².